The second-order valence-corrected chi connectivity index (χ2v) is 6.79. The summed E-state index contributed by atoms with van der Waals surface area (Å²) in [6, 6.07) is 6.49. The smallest absolute Gasteiger partial charge is 0.307 e. The molecule has 0 saturated heterocycles. The molecule has 3 atom stereocenters. The van der Waals surface area contributed by atoms with Gasteiger partial charge in [0.2, 0.25) is 6.54 Å². The summed E-state index contributed by atoms with van der Waals surface area (Å²) in [5.74, 6) is -2.84. The largest absolute Gasteiger partial charge is 0.456 e. The molecule has 0 bridgehead atoms. The summed E-state index contributed by atoms with van der Waals surface area (Å²) in [6.45, 7) is 0.887. The summed E-state index contributed by atoms with van der Waals surface area (Å²) >= 11 is 5.81. The van der Waals surface area contributed by atoms with E-state index in [0.717, 1.165) is 0 Å². The molecule has 1 aromatic rings. The van der Waals surface area contributed by atoms with Crippen LogP contribution in [0.5, 0.6) is 0 Å². The minimum Gasteiger partial charge on any atom is -0.456 e. The van der Waals surface area contributed by atoms with Gasteiger partial charge in [-0.3, -0.25) is 24.5 Å². The SMILES string of the molecule is C[C@H]1CC(=O)[C@@H](CC(=O)OCC(=O)Nc2cccc(Cl)c2)[C@@H]1C[N+](=O)[O-]. The average Bonchev–Trinajstić information content (AvgIpc) is 2.79. The van der Waals surface area contributed by atoms with Crippen molar-refractivity contribution in [3.05, 3.63) is 39.4 Å². The first-order valence-electron chi connectivity index (χ1n) is 8.11. The molecule has 0 aromatic heterocycles. The fraction of sp³-hybridized carbons (Fsp3) is 0.471. The van der Waals surface area contributed by atoms with Crippen LogP contribution in [0.15, 0.2) is 24.3 Å². The van der Waals surface area contributed by atoms with Crippen LogP contribution in [-0.4, -0.2) is 35.7 Å². The number of Topliss-reactive ketones (excluding diaryl/α,β-unsaturated/α-hetero) is 1. The lowest BCUT2D eigenvalue weighted by atomic mass is 9.88. The van der Waals surface area contributed by atoms with Crippen LogP contribution in [0.4, 0.5) is 5.69 Å². The van der Waals surface area contributed by atoms with Gasteiger partial charge < -0.3 is 10.1 Å². The lowest BCUT2D eigenvalue weighted by Gasteiger charge is -2.17. The molecule has 0 heterocycles. The van der Waals surface area contributed by atoms with Crippen LogP contribution in [0, 0.1) is 27.9 Å². The molecule has 1 fully saturated rings. The maximum absolute atomic E-state index is 12.0. The van der Waals surface area contributed by atoms with E-state index in [2.05, 4.69) is 5.32 Å². The van der Waals surface area contributed by atoms with Crippen molar-refractivity contribution in [2.75, 3.05) is 18.5 Å². The Hall–Kier alpha value is -2.48. The first-order chi connectivity index (χ1) is 12.3. The highest BCUT2D eigenvalue weighted by Gasteiger charge is 2.44. The number of nitrogens with one attached hydrogen (secondary N) is 1. The molecule has 0 radical (unpaired) electrons. The molecule has 0 spiro atoms. The molecule has 0 unspecified atom stereocenters. The van der Waals surface area contributed by atoms with Crippen molar-refractivity contribution in [1.29, 1.82) is 0 Å². The molecule has 9 heteroatoms. The van der Waals surface area contributed by atoms with Crippen LogP contribution in [-0.2, 0) is 19.1 Å². The van der Waals surface area contributed by atoms with Gasteiger partial charge in [0, 0.05) is 33.9 Å². The maximum Gasteiger partial charge on any atom is 0.307 e. The third kappa shape index (κ3) is 5.52. The van der Waals surface area contributed by atoms with E-state index in [1.165, 1.54) is 0 Å². The second kappa shape index (κ2) is 8.75. The standard InChI is InChI=1S/C17H19ClN2O6/c1-10-5-15(21)13(14(10)8-20(24)25)7-17(23)26-9-16(22)19-12-4-2-3-11(18)6-12/h2-4,6,10,13-14H,5,7-9H2,1H3,(H,19,22)/t10-,13-,14+/m0/s1. The highest BCUT2D eigenvalue weighted by Crippen LogP contribution is 2.36. The molecule has 2 rings (SSSR count). The van der Waals surface area contributed by atoms with Crippen molar-refractivity contribution in [3.63, 3.8) is 0 Å². The fourth-order valence-corrected chi connectivity index (χ4v) is 3.34. The number of anilines is 1. The zero-order valence-corrected chi connectivity index (χ0v) is 14.9. The van der Waals surface area contributed by atoms with Gasteiger partial charge in [-0.1, -0.05) is 24.6 Å². The number of nitrogens with zero attached hydrogens (tertiary/aromatic N) is 1. The van der Waals surface area contributed by atoms with Gasteiger partial charge >= 0.3 is 5.97 Å². The Balaban J connectivity index is 1.84. The third-order valence-corrected chi connectivity index (χ3v) is 4.64. The number of hydrogen-bond donors (Lipinski definition) is 1. The molecular formula is C17H19ClN2O6. The van der Waals surface area contributed by atoms with Gasteiger partial charge in [-0.05, 0) is 24.1 Å². The van der Waals surface area contributed by atoms with Crippen molar-refractivity contribution >= 4 is 34.9 Å². The van der Waals surface area contributed by atoms with E-state index in [9.17, 15) is 24.5 Å². The molecular weight excluding hydrogens is 364 g/mol. The summed E-state index contributed by atoms with van der Waals surface area (Å²) in [5.41, 5.74) is 0.462. The minimum atomic E-state index is -0.737. The van der Waals surface area contributed by atoms with E-state index in [1.807, 2.05) is 0 Å². The molecule has 1 amide bonds. The van der Waals surface area contributed by atoms with E-state index in [1.54, 1.807) is 31.2 Å². The van der Waals surface area contributed by atoms with Crippen LogP contribution < -0.4 is 5.32 Å². The number of hydrogen-bond acceptors (Lipinski definition) is 6. The molecule has 0 aliphatic heterocycles. The first-order valence-corrected chi connectivity index (χ1v) is 8.49. The number of benzene rings is 1. The summed E-state index contributed by atoms with van der Waals surface area (Å²) < 4.78 is 4.90. The monoisotopic (exact) mass is 382 g/mol. The molecule has 1 saturated carbocycles. The summed E-state index contributed by atoms with van der Waals surface area (Å²) in [5, 5.41) is 13.7. The van der Waals surface area contributed by atoms with E-state index in [0.29, 0.717) is 10.7 Å². The van der Waals surface area contributed by atoms with Crippen LogP contribution in [0.1, 0.15) is 19.8 Å². The number of rotatable bonds is 7. The number of halogens is 1. The van der Waals surface area contributed by atoms with E-state index < -0.39 is 35.2 Å². The quantitative estimate of drug-likeness (QED) is 0.439. The summed E-state index contributed by atoms with van der Waals surface area (Å²) in [6.07, 6.45) is -0.0438. The van der Waals surface area contributed by atoms with Gasteiger partial charge in [0.15, 0.2) is 6.61 Å². The number of ketones is 1. The fourth-order valence-electron chi connectivity index (χ4n) is 3.15. The molecule has 8 nitrogen and oxygen atoms in total. The van der Waals surface area contributed by atoms with Crippen molar-refractivity contribution in [2.45, 2.75) is 19.8 Å². The van der Waals surface area contributed by atoms with Crippen molar-refractivity contribution < 1.29 is 24.0 Å². The topological polar surface area (TPSA) is 116 Å². The van der Waals surface area contributed by atoms with Crippen molar-refractivity contribution in [3.8, 4) is 0 Å². The number of amides is 1. The number of carbonyl (C=O) groups is 3. The Labute approximate surface area is 155 Å². The minimum absolute atomic E-state index is 0.156. The molecule has 1 N–H and O–H groups in total. The number of ether oxygens (including phenoxy) is 1. The maximum atomic E-state index is 12.0. The Kier molecular flexibility index (Phi) is 6.68. The zero-order chi connectivity index (χ0) is 19.3. The van der Waals surface area contributed by atoms with E-state index in [4.69, 9.17) is 16.3 Å². The predicted molar refractivity (Wildman–Crippen MR) is 93.3 cm³/mol. The zero-order valence-electron chi connectivity index (χ0n) is 14.1. The Bertz CT molecular complexity index is 723. The number of esters is 1. The molecule has 1 aliphatic carbocycles. The van der Waals surface area contributed by atoms with Crippen LogP contribution in [0.3, 0.4) is 0 Å². The lowest BCUT2D eigenvalue weighted by molar-refractivity contribution is -0.490. The van der Waals surface area contributed by atoms with Gasteiger partial charge in [-0.25, -0.2) is 0 Å². The van der Waals surface area contributed by atoms with Gasteiger partial charge in [-0.15, -0.1) is 0 Å². The second-order valence-electron chi connectivity index (χ2n) is 6.36. The normalized spacial score (nSPS) is 22.1. The molecule has 140 valence electrons. The third-order valence-electron chi connectivity index (χ3n) is 4.40. The summed E-state index contributed by atoms with van der Waals surface area (Å²) in [4.78, 5) is 46.0. The van der Waals surface area contributed by atoms with Crippen LogP contribution in [0.2, 0.25) is 5.02 Å². The highest BCUT2D eigenvalue weighted by molar-refractivity contribution is 6.30. The highest BCUT2D eigenvalue weighted by atomic mass is 35.5. The van der Waals surface area contributed by atoms with Gasteiger partial charge in [-0.2, -0.15) is 0 Å². The molecule has 1 aromatic carbocycles. The molecule has 26 heavy (non-hydrogen) atoms. The van der Waals surface area contributed by atoms with E-state index >= 15 is 0 Å². The van der Waals surface area contributed by atoms with E-state index in [-0.39, 0.29) is 31.1 Å². The van der Waals surface area contributed by atoms with Gasteiger partial charge in [0.25, 0.3) is 5.91 Å². The summed E-state index contributed by atoms with van der Waals surface area (Å²) in [7, 11) is 0. The Morgan fingerprint density at radius 3 is 2.81 bits per heavy atom. The van der Waals surface area contributed by atoms with Gasteiger partial charge in [0.05, 0.1) is 6.42 Å². The predicted octanol–water partition coefficient (Wildman–Crippen LogP) is 2.33. The van der Waals surface area contributed by atoms with Crippen LogP contribution in [0.25, 0.3) is 0 Å². The number of nitro groups is 1. The van der Waals surface area contributed by atoms with Crippen LogP contribution >= 0.6 is 11.6 Å². The van der Waals surface area contributed by atoms with Crippen molar-refractivity contribution in [2.24, 2.45) is 17.8 Å². The Morgan fingerprint density at radius 1 is 1.42 bits per heavy atom. The molecule has 1 aliphatic rings. The Morgan fingerprint density at radius 2 is 2.15 bits per heavy atom. The first kappa shape index (κ1) is 19.8. The average molecular weight is 383 g/mol. The number of carbonyl (C=O) groups excluding carboxylic acids is 3. The lowest BCUT2D eigenvalue weighted by Crippen LogP contribution is -2.28. The van der Waals surface area contributed by atoms with Crippen molar-refractivity contribution in [1.82, 2.24) is 0 Å². The van der Waals surface area contributed by atoms with Gasteiger partial charge in [0.1, 0.15) is 5.78 Å².